The zero-order valence-corrected chi connectivity index (χ0v) is 7.72. The van der Waals surface area contributed by atoms with Crippen molar-refractivity contribution in [1.29, 1.82) is 0 Å². The van der Waals surface area contributed by atoms with Gasteiger partial charge in [0.05, 0.1) is 0 Å². The summed E-state index contributed by atoms with van der Waals surface area (Å²) in [4.78, 5) is 0. The van der Waals surface area contributed by atoms with E-state index in [2.05, 4.69) is 13.8 Å². The molecule has 64 valence electrons. The molecule has 4 N–H and O–H groups in total. The molecule has 0 fully saturated rings. The molecule has 0 heterocycles. The maximum Gasteiger partial charge on any atom is 0.000781 e. The van der Waals surface area contributed by atoms with Gasteiger partial charge >= 0.3 is 0 Å². The quantitative estimate of drug-likeness (QED) is 0.620. The van der Waals surface area contributed by atoms with Crippen LogP contribution in [0.3, 0.4) is 0 Å². The average molecular weight is 146 g/mol. The predicted molar refractivity (Wildman–Crippen MR) is 47.9 cm³/mol. The highest BCUT2D eigenvalue weighted by molar-refractivity contribution is 4.43. The smallest absolute Gasteiger partial charge is 0.000781 e. The highest BCUT2D eigenvalue weighted by atomic mass is 14.6. The number of hydrogen-bond acceptors (Lipinski definition) is 2. The Morgan fingerprint density at radius 2 is 1.00 bits per heavy atom. The van der Waals surface area contributed by atoms with Crippen LogP contribution in [0.5, 0.6) is 0 Å². The van der Waals surface area contributed by atoms with E-state index in [0.717, 1.165) is 12.8 Å². The molecule has 0 aromatic rings. The second-order valence-corrected chi connectivity index (χ2v) is 2.77. The van der Waals surface area contributed by atoms with Crippen molar-refractivity contribution >= 4 is 0 Å². The lowest BCUT2D eigenvalue weighted by Gasteiger charge is -1.91. The third kappa shape index (κ3) is 24.7. The van der Waals surface area contributed by atoms with E-state index in [0.29, 0.717) is 12.1 Å². The maximum absolute atomic E-state index is 5.29. The first-order valence-electron chi connectivity index (χ1n) is 4.05. The van der Waals surface area contributed by atoms with Gasteiger partial charge in [-0.2, -0.15) is 0 Å². The van der Waals surface area contributed by atoms with Crippen LogP contribution >= 0.6 is 0 Å². The van der Waals surface area contributed by atoms with Crippen molar-refractivity contribution in [3.63, 3.8) is 0 Å². The van der Waals surface area contributed by atoms with E-state index >= 15 is 0 Å². The lowest BCUT2D eigenvalue weighted by molar-refractivity contribution is 0.714. The van der Waals surface area contributed by atoms with Crippen LogP contribution in [0.1, 0.15) is 40.5 Å². The molecule has 0 aromatic carbocycles. The van der Waals surface area contributed by atoms with Gasteiger partial charge < -0.3 is 11.5 Å². The fraction of sp³-hybridized carbons (Fsp3) is 1.00. The van der Waals surface area contributed by atoms with Gasteiger partial charge in [-0.3, -0.25) is 0 Å². The summed E-state index contributed by atoms with van der Waals surface area (Å²) in [5, 5.41) is 0. The Morgan fingerprint density at radius 1 is 0.900 bits per heavy atom. The van der Waals surface area contributed by atoms with Gasteiger partial charge in [0, 0.05) is 12.1 Å². The van der Waals surface area contributed by atoms with E-state index in [1.165, 1.54) is 0 Å². The molecule has 0 aliphatic carbocycles. The Bertz CT molecular complexity index is 43.2. The zero-order chi connectivity index (χ0) is 8.57. The number of rotatable bonds is 2. The number of hydrogen-bond donors (Lipinski definition) is 2. The average Bonchev–Trinajstić information content (AvgIpc) is 1.89. The maximum atomic E-state index is 5.29. The van der Waals surface area contributed by atoms with Crippen LogP contribution in [0.2, 0.25) is 0 Å². The molecule has 0 saturated heterocycles. The Hall–Kier alpha value is -0.0800. The summed E-state index contributed by atoms with van der Waals surface area (Å²) in [5.41, 5.74) is 10.6. The Morgan fingerprint density at radius 3 is 1.00 bits per heavy atom. The second-order valence-electron chi connectivity index (χ2n) is 2.77. The van der Waals surface area contributed by atoms with Crippen molar-refractivity contribution < 1.29 is 0 Å². The molecule has 0 aromatic heterocycles. The van der Waals surface area contributed by atoms with Gasteiger partial charge in [0.1, 0.15) is 0 Å². The van der Waals surface area contributed by atoms with Gasteiger partial charge in [-0.25, -0.2) is 0 Å². The Kier molecular flexibility index (Phi) is 11.2. The minimum absolute atomic E-state index is 0.384. The van der Waals surface area contributed by atoms with Crippen molar-refractivity contribution in [2.75, 3.05) is 0 Å². The van der Waals surface area contributed by atoms with E-state index in [-0.39, 0.29) is 0 Å². The SMILES string of the molecule is CC[C@@H](C)N.CC[C@H](C)N. The summed E-state index contributed by atoms with van der Waals surface area (Å²) >= 11 is 0. The Balaban J connectivity index is 0. The van der Waals surface area contributed by atoms with Crippen molar-refractivity contribution in [2.45, 2.75) is 52.6 Å². The summed E-state index contributed by atoms with van der Waals surface area (Å²) < 4.78 is 0. The van der Waals surface area contributed by atoms with Crippen LogP contribution in [-0.2, 0) is 0 Å². The van der Waals surface area contributed by atoms with E-state index in [9.17, 15) is 0 Å². The van der Waals surface area contributed by atoms with Gasteiger partial charge in [-0.05, 0) is 26.7 Å². The molecule has 10 heavy (non-hydrogen) atoms. The topological polar surface area (TPSA) is 52.0 Å². The first-order valence-corrected chi connectivity index (χ1v) is 4.05. The molecule has 0 spiro atoms. The van der Waals surface area contributed by atoms with Crippen molar-refractivity contribution in [1.82, 2.24) is 0 Å². The number of nitrogens with two attached hydrogens (primary N) is 2. The monoisotopic (exact) mass is 146 g/mol. The van der Waals surface area contributed by atoms with Crippen LogP contribution in [0.4, 0.5) is 0 Å². The summed E-state index contributed by atoms with van der Waals surface area (Å²) in [6, 6.07) is 0.769. The Labute approximate surface area is 65.0 Å². The molecule has 2 nitrogen and oxygen atoms in total. The van der Waals surface area contributed by atoms with Crippen LogP contribution in [0.25, 0.3) is 0 Å². The molecule has 0 radical (unpaired) electrons. The highest BCUT2D eigenvalue weighted by Crippen LogP contribution is 1.77. The lowest BCUT2D eigenvalue weighted by atomic mass is 10.3. The fourth-order valence-corrected chi connectivity index (χ4v) is 0. The van der Waals surface area contributed by atoms with Gasteiger partial charge in [-0.15, -0.1) is 0 Å². The largest absolute Gasteiger partial charge is 0.328 e. The summed E-state index contributed by atoms with van der Waals surface area (Å²) in [6.07, 6.45) is 2.17. The minimum atomic E-state index is 0.384. The molecule has 2 heteroatoms. The van der Waals surface area contributed by atoms with Gasteiger partial charge in [0.2, 0.25) is 0 Å². The van der Waals surface area contributed by atoms with Crippen molar-refractivity contribution in [2.24, 2.45) is 11.5 Å². The van der Waals surface area contributed by atoms with Gasteiger partial charge in [0.15, 0.2) is 0 Å². The third-order valence-corrected chi connectivity index (χ3v) is 1.29. The molecular weight excluding hydrogens is 124 g/mol. The standard InChI is InChI=1S/2C4H11N/c2*1-3-4(2)5/h2*4H,3,5H2,1-2H3/t2*4-/m10/s1. The van der Waals surface area contributed by atoms with E-state index in [1.54, 1.807) is 0 Å². The van der Waals surface area contributed by atoms with Crippen LogP contribution < -0.4 is 11.5 Å². The molecule has 0 unspecified atom stereocenters. The molecule has 0 rings (SSSR count). The van der Waals surface area contributed by atoms with E-state index in [1.807, 2.05) is 13.8 Å². The molecule has 0 bridgehead atoms. The van der Waals surface area contributed by atoms with E-state index in [4.69, 9.17) is 11.5 Å². The first-order chi connectivity index (χ1) is 4.54. The molecule has 0 aliphatic heterocycles. The van der Waals surface area contributed by atoms with Crippen LogP contribution in [0.15, 0.2) is 0 Å². The van der Waals surface area contributed by atoms with Crippen molar-refractivity contribution in [3.05, 3.63) is 0 Å². The lowest BCUT2D eigenvalue weighted by Crippen LogP contribution is -2.11. The van der Waals surface area contributed by atoms with Crippen LogP contribution in [-0.4, -0.2) is 12.1 Å². The fourth-order valence-electron chi connectivity index (χ4n) is 0. The summed E-state index contributed by atoms with van der Waals surface area (Å²) in [5.74, 6) is 0. The minimum Gasteiger partial charge on any atom is -0.328 e. The molecular formula is C8H22N2. The highest BCUT2D eigenvalue weighted by Gasteiger charge is 1.80. The zero-order valence-electron chi connectivity index (χ0n) is 7.72. The second kappa shape index (κ2) is 8.92. The van der Waals surface area contributed by atoms with Gasteiger partial charge in [-0.1, -0.05) is 13.8 Å². The summed E-state index contributed by atoms with van der Waals surface area (Å²) in [7, 11) is 0. The molecule has 0 aliphatic rings. The van der Waals surface area contributed by atoms with E-state index < -0.39 is 0 Å². The first kappa shape index (κ1) is 12.6. The molecule has 0 saturated carbocycles. The van der Waals surface area contributed by atoms with Crippen molar-refractivity contribution in [3.8, 4) is 0 Å². The third-order valence-electron chi connectivity index (χ3n) is 1.29. The normalized spacial score (nSPS) is 15.0. The molecule has 2 atom stereocenters. The predicted octanol–water partition coefficient (Wildman–Crippen LogP) is 1.49. The van der Waals surface area contributed by atoms with Crippen LogP contribution in [0, 0.1) is 0 Å². The van der Waals surface area contributed by atoms with Gasteiger partial charge in [0.25, 0.3) is 0 Å². The molecule has 0 amide bonds. The summed E-state index contributed by atoms with van der Waals surface area (Å²) in [6.45, 7) is 8.15.